The first-order valence-electron chi connectivity index (χ1n) is 12.2. The number of nitrogens with one attached hydrogen (secondary N) is 2. The summed E-state index contributed by atoms with van der Waals surface area (Å²) in [5.41, 5.74) is 1.27. The van der Waals surface area contributed by atoms with Gasteiger partial charge >= 0.3 is 6.09 Å². The molecule has 198 valence electrons. The molecule has 0 saturated carbocycles. The van der Waals surface area contributed by atoms with Gasteiger partial charge in [0.1, 0.15) is 24.2 Å². The quantitative estimate of drug-likeness (QED) is 0.279. The maximum Gasteiger partial charge on any atom is 0.408 e. The van der Waals surface area contributed by atoms with Crippen LogP contribution in [0.15, 0.2) is 66.7 Å². The van der Waals surface area contributed by atoms with Crippen molar-refractivity contribution in [3.05, 3.63) is 77.9 Å². The highest BCUT2D eigenvalue weighted by Crippen LogP contribution is 2.26. The predicted octanol–water partition coefficient (Wildman–Crippen LogP) is 5.00. The lowest BCUT2D eigenvalue weighted by molar-refractivity contribution is -0.139. The van der Waals surface area contributed by atoms with Crippen LogP contribution in [0, 0.1) is 18.3 Å². The van der Waals surface area contributed by atoms with Gasteiger partial charge in [0.25, 0.3) is 5.91 Å². The van der Waals surface area contributed by atoms with Crippen molar-refractivity contribution in [2.24, 2.45) is 0 Å². The number of ether oxygens (including phenoxy) is 1. The Balaban J connectivity index is 1.96. The van der Waals surface area contributed by atoms with Gasteiger partial charge in [0, 0.05) is 11.4 Å². The minimum atomic E-state index is -1.14. The van der Waals surface area contributed by atoms with Crippen LogP contribution < -0.4 is 10.6 Å². The first-order valence-corrected chi connectivity index (χ1v) is 12.8. The van der Waals surface area contributed by atoms with E-state index in [1.807, 2.05) is 61.5 Å². The maximum atomic E-state index is 13.7. The van der Waals surface area contributed by atoms with Crippen LogP contribution in [-0.2, 0) is 14.3 Å². The van der Waals surface area contributed by atoms with Crippen LogP contribution in [0.4, 0.5) is 10.5 Å². The number of amides is 3. The number of hydrogen-bond acceptors (Lipinski definition) is 6. The molecule has 0 fully saturated rings. The Morgan fingerprint density at radius 1 is 1.03 bits per heavy atom. The van der Waals surface area contributed by atoms with Gasteiger partial charge < -0.3 is 20.3 Å². The normalized spacial score (nSPS) is 12.6. The van der Waals surface area contributed by atoms with E-state index in [-0.39, 0.29) is 12.3 Å². The van der Waals surface area contributed by atoms with Crippen molar-refractivity contribution in [2.45, 2.75) is 45.4 Å². The summed E-state index contributed by atoms with van der Waals surface area (Å²) < 4.78 is 5.28. The van der Waals surface area contributed by atoms with Crippen LogP contribution in [0.1, 0.15) is 37.9 Å². The molecule has 0 aliphatic carbocycles. The molecule has 3 rings (SSSR count). The lowest BCUT2D eigenvalue weighted by atomic mass is 10.0. The van der Waals surface area contributed by atoms with Crippen LogP contribution in [0.25, 0.3) is 10.8 Å². The summed E-state index contributed by atoms with van der Waals surface area (Å²) in [5, 5.41) is 17.0. The van der Waals surface area contributed by atoms with Crippen molar-refractivity contribution in [3.8, 4) is 6.07 Å². The van der Waals surface area contributed by atoms with Crippen LogP contribution in [0.5, 0.6) is 0 Å². The zero-order valence-corrected chi connectivity index (χ0v) is 22.8. The Hall–Kier alpha value is -4.03. The molecule has 3 amide bonds. The molecule has 0 saturated heterocycles. The molecule has 0 radical (unpaired) electrons. The lowest BCUT2D eigenvalue weighted by Crippen LogP contribution is -2.53. The van der Waals surface area contributed by atoms with Gasteiger partial charge in [-0.1, -0.05) is 60.2 Å². The number of carbonyl (C=O) groups excluding carboxylic acids is 3. The van der Waals surface area contributed by atoms with Gasteiger partial charge in [-0.2, -0.15) is 17.9 Å². The average Bonchev–Trinajstić information content (AvgIpc) is 2.86. The standard InChI is InChI=1S/C29H32N4O4S/c1-19-9-11-21(12-10-19)25(26(34)31-23-14-13-20-7-5-6-8-22(20)17-23)33(16-15-30)27(35)24(18-38)32-28(36)37-29(2,3)4/h5-14,17,24-25,38H,16,18H2,1-4H3,(H,31,34)(H,32,36). The highest BCUT2D eigenvalue weighted by atomic mass is 32.1. The number of thiol groups is 1. The van der Waals surface area contributed by atoms with E-state index in [0.29, 0.717) is 11.3 Å². The molecule has 0 bridgehead atoms. The minimum absolute atomic E-state index is 0.0626. The summed E-state index contributed by atoms with van der Waals surface area (Å²) in [4.78, 5) is 40.9. The number of fused-ring (bicyclic) bond motifs is 1. The fraction of sp³-hybridized carbons (Fsp3) is 0.310. The maximum absolute atomic E-state index is 13.7. The summed E-state index contributed by atoms with van der Waals surface area (Å²) in [5.74, 6) is -1.19. The molecule has 3 aromatic rings. The molecule has 0 heterocycles. The summed E-state index contributed by atoms with van der Waals surface area (Å²) in [7, 11) is 0. The predicted molar refractivity (Wildman–Crippen MR) is 151 cm³/mol. The second-order valence-corrected chi connectivity index (χ2v) is 10.2. The lowest BCUT2D eigenvalue weighted by Gasteiger charge is -2.32. The number of nitrogens with zero attached hydrogens (tertiary/aromatic N) is 2. The molecule has 3 aromatic carbocycles. The second-order valence-electron chi connectivity index (χ2n) is 9.87. The van der Waals surface area contributed by atoms with Crippen molar-refractivity contribution in [1.29, 1.82) is 5.26 Å². The highest BCUT2D eigenvalue weighted by molar-refractivity contribution is 7.80. The van der Waals surface area contributed by atoms with E-state index in [1.54, 1.807) is 39.0 Å². The first-order chi connectivity index (χ1) is 18.0. The van der Waals surface area contributed by atoms with Gasteiger partial charge in [0.2, 0.25) is 5.91 Å². The molecule has 9 heteroatoms. The molecule has 0 spiro atoms. The van der Waals surface area contributed by atoms with E-state index in [2.05, 4.69) is 23.3 Å². The molecule has 8 nitrogen and oxygen atoms in total. The van der Waals surface area contributed by atoms with Crippen molar-refractivity contribution >= 4 is 47.0 Å². The molecular formula is C29H32N4O4S. The van der Waals surface area contributed by atoms with Crippen molar-refractivity contribution in [2.75, 3.05) is 17.6 Å². The van der Waals surface area contributed by atoms with E-state index in [9.17, 15) is 19.6 Å². The Bertz CT molecular complexity index is 1350. The second kappa shape index (κ2) is 12.5. The minimum Gasteiger partial charge on any atom is -0.444 e. The molecule has 0 aliphatic heterocycles. The Labute approximate surface area is 228 Å². The fourth-order valence-electron chi connectivity index (χ4n) is 3.91. The SMILES string of the molecule is Cc1ccc(C(C(=O)Nc2ccc3ccccc3c2)N(CC#N)C(=O)C(CS)NC(=O)OC(C)(C)C)cc1. The summed E-state index contributed by atoms with van der Waals surface area (Å²) >= 11 is 4.24. The molecule has 2 N–H and O–H groups in total. The van der Waals surface area contributed by atoms with E-state index in [4.69, 9.17) is 4.74 Å². The Morgan fingerprint density at radius 2 is 1.68 bits per heavy atom. The third kappa shape index (κ3) is 7.49. The number of rotatable bonds is 8. The zero-order valence-electron chi connectivity index (χ0n) is 21.9. The summed E-state index contributed by atoms with van der Waals surface area (Å²) in [6.45, 7) is 6.64. The van der Waals surface area contributed by atoms with Gasteiger partial charge in [0.15, 0.2) is 0 Å². The molecular weight excluding hydrogens is 500 g/mol. The van der Waals surface area contributed by atoms with Crippen LogP contribution in [0.2, 0.25) is 0 Å². The average molecular weight is 533 g/mol. The van der Waals surface area contributed by atoms with Gasteiger partial charge in [-0.15, -0.1) is 0 Å². The molecule has 0 aromatic heterocycles. The van der Waals surface area contributed by atoms with Gasteiger partial charge in [-0.3, -0.25) is 9.59 Å². The van der Waals surface area contributed by atoms with Crippen LogP contribution in [0.3, 0.4) is 0 Å². The third-order valence-corrected chi connectivity index (χ3v) is 6.03. The molecule has 38 heavy (non-hydrogen) atoms. The van der Waals surface area contributed by atoms with Crippen LogP contribution in [-0.4, -0.2) is 46.7 Å². The monoisotopic (exact) mass is 532 g/mol. The first kappa shape index (κ1) is 28.5. The number of benzene rings is 3. The summed E-state index contributed by atoms with van der Waals surface area (Å²) in [6.07, 6.45) is -0.797. The topological polar surface area (TPSA) is 112 Å². The van der Waals surface area contributed by atoms with Crippen molar-refractivity contribution < 1.29 is 19.1 Å². The van der Waals surface area contributed by atoms with Crippen LogP contribution >= 0.6 is 12.6 Å². The smallest absolute Gasteiger partial charge is 0.408 e. The number of carbonyl (C=O) groups is 3. The summed E-state index contributed by atoms with van der Waals surface area (Å²) in [6, 6.07) is 20.1. The van der Waals surface area contributed by atoms with Crippen molar-refractivity contribution in [1.82, 2.24) is 10.2 Å². The number of anilines is 1. The van der Waals surface area contributed by atoms with E-state index >= 15 is 0 Å². The number of aryl methyl sites for hydroxylation is 1. The Morgan fingerprint density at radius 3 is 2.29 bits per heavy atom. The number of hydrogen-bond donors (Lipinski definition) is 3. The Kier molecular flexibility index (Phi) is 9.37. The third-order valence-electron chi connectivity index (χ3n) is 5.67. The molecule has 2 atom stereocenters. The van der Waals surface area contributed by atoms with Crippen molar-refractivity contribution in [3.63, 3.8) is 0 Å². The number of alkyl carbamates (subject to hydrolysis) is 1. The van der Waals surface area contributed by atoms with Gasteiger partial charge in [0.05, 0.1) is 6.07 Å². The van der Waals surface area contributed by atoms with E-state index in [1.165, 1.54) is 0 Å². The largest absolute Gasteiger partial charge is 0.444 e. The molecule has 2 unspecified atom stereocenters. The molecule has 0 aliphatic rings. The van der Waals surface area contributed by atoms with E-state index < -0.39 is 35.6 Å². The number of nitriles is 1. The highest BCUT2D eigenvalue weighted by Gasteiger charge is 2.36. The van der Waals surface area contributed by atoms with Gasteiger partial charge in [-0.25, -0.2) is 4.79 Å². The van der Waals surface area contributed by atoms with E-state index in [0.717, 1.165) is 21.2 Å². The zero-order chi connectivity index (χ0) is 27.9. The van der Waals surface area contributed by atoms with Gasteiger partial charge in [-0.05, 0) is 56.2 Å². The fourth-order valence-corrected chi connectivity index (χ4v) is 4.15.